The molecule has 1 heterocycles. The molecule has 3 aliphatic rings. The van der Waals surface area contributed by atoms with Gasteiger partial charge < -0.3 is 14.6 Å². The van der Waals surface area contributed by atoms with Crippen LogP contribution in [0.5, 0.6) is 0 Å². The van der Waals surface area contributed by atoms with Gasteiger partial charge >= 0.3 is 5.97 Å². The number of hydrogen-bond acceptors (Lipinski definition) is 4. The minimum absolute atomic E-state index is 0.00841. The molecule has 26 heavy (non-hydrogen) atoms. The number of ether oxygens (including phenoxy) is 2. The van der Waals surface area contributed by atoms with E-state index < -0.39 is 17.8 Å². The summed E-state index contributed by atoms with van der Waals surface area (Å²) in [5, 5.41) is 11.0. The molecule has 2 saturated carbocycles. The van der Waals surface area contributed by atoms with Crippen LogP contribution in [0.1, 0.15) is 45.1 Å². The monoisotopic (exact) mass is 356 g/mol. The molecular weight excluding hydrogens is 328 g/mol. The van der Waals surface area contributed by atoms with E-state index in [1.807, 2.05) is 30.3 Å². The summed E-state index contributed by atoms with van der Waals surface area (Å²) in [5.74, 6) is -0.481. The fourth-order valence-electron chi connectivity index (χ4n) is 5.66. The molecule has 140 valence electrons. The highest BCUT2D eigenvalue weighted by molar-refractivity contribution is 5.82. The van der Waals surface area contributed by atoms with Crippen molar-refractivity contribution in [3.63, 3.8) is 0 Å². The zero-order valence-electron chi connectivity index (χ0n) is 15.6. The topological polar surface area (TPSA) is 55.8 Å². The third-order valence-corrected chi connectivity index (χ3v) is 6.95. The van der Waals surface area contributed by atoms with Gasteiger partial charge in [-0.1, -0.05) is 56.3 Å². The highest BCUT2D eigenvalue weighted by atomic mass is 16.7. The smallest absolute Gasteiger partial charge is 0.318 e. The Kier molecular flexibility index (Phi) is 4.24. The number of cyclic esters (lactones) is 1. The van der Waals surface area contributed by atoms with E-state index in [9.17, 15) is 9.90 Å². The second-order valence-corrected chi connectivity index (χ2v) is 8.77. The highest BCUT2D eigenvalue weighted by Gasteiger charge is 2.71. The quantitative estimate of drug-likeness (QED) is 0.660. The number of esters is 1. The molecule has 5 unspecified atom stereocenters. The molecule has 0 bridgehead atoms. The lowest BCUT2D eigenvalue weighted by molar-refractivity contribution is -0.177. The van der Waals surface area contributed by atoms with Gasteiger partial charge in [0.25, 0.3) is 0 Å². The first-order valence-corrected chi connectivity index (χ1v) is 9.59. The average Bonchev–Trinajstić information content (AvgIpc) is 2.92. The maximum atomic E-state index is 13.1. The maximum Gasteiger partial charge on any atom is 0.318 e. The lowest BCUT2D eigenvalue weighted by atomic mass is 9.46. The Labute approximate surface area is 155 Å². The van der Waals surface area contributed by atoms with Crippen molar-refractivity contribution < 1.29 is 19.4 Å². The predicted molar refractivity (Wildman–Crippen MR) is 97.9 cm³/mol. The molecule has 1 aromatic rings. The van der Waals surface area contributed by atoms with Gasteiger partial charge in [-0.2, -0.15) is 0 Å². The van der Waals surface area contributed by atoms with E-state index in [0.29, 0.717) is 13.0 Å². The number of carbonyl (C=O) groups excluding carboxylic acids is 1. The van der Waals surface area contributed by atoms with Crippen molar-refractivity contribution in [2.45, 2.75) is 58.5 Å². The summed E-state index contributed by atoms with van der Waals surface area (Å²) >= 11 is 0. The van der Waals surface area contributed by atoms with Crippen LogP contribution in [0.25, 0.3) is 0 Å². The van der Waals surface area contributed by atoms with Crippen molar-refractivity contribution in [2.75, 3.05) is 0 Å². The van der Waals surface area contributed by atoms with Crippen LogP contribution in [0.15, 0.2) is 42.5 Å². The highest BCUT2D eigenvalue weighted by Crippen LogP contribution is 2.65. The van der Waals surface area contributed by atoms with E-state index in [4.69, 9.17) is 9.47 Å². The fraction of sp³-hybridized carbons (Fsp3) is 0.591. The molecule has 1 spiro atoms. The van der Waals surface area contributed by atoms with Crippen LogP contribution in [0, 0.1) is 22.7 Å². The van der Waals surface area contributed by atoms with E-state index in [1.54, 1.807) is 0 Å². The lowest BCUT2D eigenvalue weighted by Gasteiger charge is -2.56. The Morgan fingerprint density at radius 1 is 1.27 bits per heavy atom. The maximum absolute atomic E-state index is 13.1. The lowest BCUT2D eigenvalue weighted by Crippen LogP contribution is -2.60. The molecule has 4 nitrogen and oxygen atoms in total. The fourth-order valence-corrected chi connectivity index (χ4v) is 5.66. The van der Waals surface area contributed by atoms with Gasteiger partial charge in [0, 0.05) is 0 Å². The Morgan fingerprint density at radius 2 is 2.00 bits per heavy atom. The number of rotatable bonds is 3. The summed E-state index contributed by atoms with van der Waals surface area (Å²) in [7, 11) is 0. The standard InChI is InChI=1S/C22H28O4/c1-14-9-10-16-21(2,3)12-11-17(23)22(16)18(14)19(26-20(22)24)25-13-15-7-5-4-6-8-15/h4-8,16-19,23H,1,9-13H2,2-3H3. The molecular formula is C22H28O4. The molecule has 4 rings (SSSR count). The number of aliphatic hydroxyl groups excluding tert-OH is 1. The van der Waals surface area contributed by atoms with Gasteiger partial charge in [0.05, 0.1) is 18.6 Å². The van der Waals surface area contributed by atoms with Crippen molar-refractivity contribution in [1.29, 1.82) is 0 Å². The Bertz CT molecular complexity index is 710. The van der Waals surface area contributed by atoms with Crippen LogP contribution >= 0.6 is 0 Å². The summed E-state index contributed by atoms with van der Waals surface area (Å²) in [4.78, 5) is 13.1. The minimum atomic E-state index is -0.904. The number of aliphatic hydroxyl groups is 1. The average molecular weight is 356 g/mol. The molecule has 1 aliphatic heterocycles. The van der Waals surface area contributed by atoms with Gasteiger partial charge in [0.1, 0.15) is 5.41 Å². The molecule has 5 atom stereocenters. The van der Waals surface area contributed by atoms with Crippen LogP contribution < -0.4 is 0 Å². The zero-order valence-corrected chi connectivity index (χ0v) is 15.6. The Hall–Kier alpha value is -1.65. The van der Waals surface area contributed by atoms with Crippen LogP contribution in [-0.4, -0.2) is 23.5 Å². The summed E-state index contributed by atoms with van der Waals surface area (Å²) in [6, 6.07) is 9.86. The van der Waals surface area contributed by atoms with Gasteiger partial charge in [0.15, 0.2) is 0 Å². The van der Waals surface area contributed by atoms with Crippen LogP contribution in [0.3, 0.4) is 0 Å². The number of carbonyl (C=O) groups is 1. The second-order valence-electron chi connectivity index (χ2n) is 8.77. The van der Waals surface area contributed by atoms with Crippen molar-refractivity contribution in [3.8, 4) is 0 Å². The molecule has 1 aromatic carbocycles. The largest absolute Gasteiger partial charge is 0.435 e. The SMILES string of the molecule is C=C1CCC2C(C)(C)CCC(O)C23C(=O)OC(OCc2ccccc2)C13. The van der Waals surface area contributed by atoms with Crippen LogP contribution in [0.4, 0.5) is 0 Å². The van der Waals surface area contributed by atoms with Crippen LogP contribution in [0.2, 0.25) is 0 Å². The summed E-state index contributed by atoms with van der Waals surface area (Å²) in [6.07, 6.45) is 1.91. The van der Waals surface area contributed by atoms with Crippen molar-refractivity contribution >= 4 is 5.97 Å². The van der Waals surface area contributed by atoms with Crippen molar-refractivity contribution in [2.24, 2.45) is 22.7 Å². The normalized spacial score (nSPS) is 38.4. The van der Waals surface area contributed by atoms with Crippen LogP contribution in [-0.2, 0) is 20.9 Å². The predicted octanol–water partition coefficient (Wildman–Crippen LogP) is 3.84. The zero-order chi connectivity index (χ0) is 18.5. The van der Waals surface area contributed by atoms with E-state index >= 15 is 0 Å². The van der Waals surface area contributed by atoms with E-state index in [1.165, 1.54) is 0 Å². The second kappa shape index (κ2) is 6.21. The molecule has 4 heteroatoms. The number of benzene rings is 1. The summed E-state index contributed by atoms with van der Waals surface area (Å²) in [6.45, 7) is 9.04. The molecule has 1 N–H and O–H groups in total. The molecule has 3 fully saturated rings. The first kappa shape index (κ1) is 17.7. The first-order chi connectivity index (χ1) is 12.4. The summed E-state index contributed by atoms with van der Waals surface area (Å²) < 4.78 is 11.8. The first-order valence-electron chi connectivity index (χ1n) is 9.59. The minimum Gasteiger partial charge on any atom is -0.435 e. The third-order valence-electron chi connectivity index (χ3n) is 6.95. The summed E-state index contributed by atoms with van der Waals surface area (Å²) in [5.41, 5.74) is 1.10. The number of hydrogen-bond donors (Lipinski definition) is 1. The van der Waals surface area contributed by atoms with Gasteiger partial charge in [-0.15, -0.1) is 0 Å². The van der Waals surface area contributed by atoms with Crippen molar-refractivity contribution in [3.05, 3.63) is 48.0 Å². The Morgan fingerprint density at radius 3 is 2.73 bits per heavy atom. The van der Waals surface area contributed by atoms with Gasteiger partial charge in [0.2, 0.25) is 6.29 Å². The van der Waals surface area contributed by atoms with E-state index in [-0.39, 0.29) is 23.2 Å². The van der Waals surface area contributed by atoms with Gasteiger partial charge in [-0.25, -0.2) is 0 Å². The van der Waals surface area contributed by atoms with E-state index in [0.717, 1.165) is 30.4 Å². The molecule has 1 saturated heterocycles. The van der Waals surface area contributed by atoms with Gasteiger partial charge in [-0.05, 0) is 42.6 Å². The Balaban J connectivity index is 1.66. The molecule has 2 aliphatic carbocycles. The molecule has 0 amide bonds. The van der Waals surface area contributed by atoms with Gasteiger partial charge in [-0.3, -0.25) is 4.79 Å². The third kappa shape index (κ3) is 2.46. The van der Waals surface area contributed by atoms with E-state index in [2.05, 4.69) is 20.4 Å². The van der Waals surface area contributed by atoms with Crippen molar-refractivity contribution in [1.82, 2.24) is 0 Å². The molecule has 0 aromatic heterocycles. The molecule has 0 radical (unpaired) electrons.